The molecule has 0 aliphatic rings. The monoisotopic (exact) mass is 274 g/mol. The average Bonchev–Trinajstić information content (AvgIpc) is 2.72. The van der Waals surface area contributed by atoms with Gasteiger partial charge < -0.3 is 5.32 Å². The van der Waals surface area contributed by atoms with Crippen LogP contribution in [0.4, 0.5) is 15.9 Å². The molecule has 0 saturated heterocycles. The van der Waals surface area contributed by atoms with E-state index in [0.717, 1.165) is 21.0 Å². The first-order chi connectivity index (χ1) is 9.11. The molecule has 1 aromatic carbocycles. The fraction of sp³-hybridized carbons (Fsp3) is 0.154. The Hall–Kier alpha value is -2.08. The lowest BCUT2D eigenvalue weighted by Crippen LogP contribution is -1.98. The van der Waals surface area contributed by atoms with Crippen LogP contribution in [0.25, 0.3) is 10.3 Å². The Morgan fingerprint density at radius 2 is 1.79 bits per heavy atom. The van der Waals surface area contributed by atoms with Gasteiger partial charge in [-0.15, -0.1) is 0 Å². The number of benzene rings is 1. The topological polar surface area (TPSA) is 50.7 Å². The second-order valence-corrected chi connectivity index (χ2v) is 5.32. The summed E-state index contributed by atoms with van der Waals surface area (Å²) >= 11 is 1.53. The van der Waals surface area contributed by atoms with Gasteiger partial charge in [0.05, 0.1) is 5.01 Å². The molecule has 6 heteroatoms. The van der Waals surface area contributed by atoms with E-state index < -0.39 is 0 Å². The zero-order valence-electron chi connectivity index (χ0n) is 10.4. The van der Waals surface area contributed by atoms with E-state index in [1.54, 1.807) is 12.1 Å². The first kappa shape index (κ1) is 12.0. The zero-order chi connectivity index (χ0) is 13.4. The largest absolute Gasteiger partial charge is 0.338 e. The SMILES string of the molecule is Cc1nc(Nc2ccc(F)cc2)c2nc(C)sc2n1. The number of aryl methyl sites for hydroxylation is 2. The maximum atomic E-state index is 12.9. The van der Waals surface area contributed by atoms with E-state index in [0.29, 0.717) is 11.6 Å². The Kier molecular flexibility index (Phi) is 2.87. The Bertz CT molecular complexity index is 736. The molecule has 1 N–H and O–H groups in total. The summed E-state index contributed by atoms with van der Waals surface area (Å²) in [4.78, 5) is 14.0. The molecule has 2 aromatic heterocycles. The fourth-order valence-corrected chi connectivity index (χ4v) is 2.62. The number of anilines is 2. The third-order valence-corrected chi connectivity index (χ3v) is 3.45. The molecule has 0 amide bonds. The highest BCUT2D eigenvalue weighted by Crippen LogP contribution is 2.27. The number of nitrogens with zero attached hydrogens (tertiary/aromatic N) is 3. The lowest BCUT2D eigenvalue weighted by Gasteiger charge is -2.06. The number of aromatic nitrogens is 3. The minimum absolute atomic E-state index is 0.265. The summed E-state index contributed by atoms with van der Waals surface area (Å²) in [5.74, 6) is 1.07. The molecule has 0 saturated carbocycles. The highest BCUT2D eigenvalue weighted by atomic mass is 32.1. The van der Waals surface area contributed by atoms with E-state index in [2.05, 4.69) is 20.3 Å². The Labute approximate surface area is 113 Å². The van der Waals surface area contributed by atoms with Crippen LogP contribution in [-0.4, -0.2) is 15.0 Å². The molecular formula is C13H11FN4S. The first-order valence-electron chi connectivity index (χ1n) is 5.76. The van der Waals surface area contributed by atoms with Crippen LogP contribution in [0.5, 0.6) is 0 Å². The fourth-order valence-electron chi connectivity index (χ4n) is 1.79. The van der Waals surface area contributed by atoms with Crippen molar-refractivity contribution in [3.63, 3.8) is 0 Å². The van der Waals surface area contributed by atoms with Gasteiger partial charge >= 0.3 is 0 Å². The summed E-state index contributed by atoms with van der Waals surface area (Å²) in [6.45, 7) is 3.77. The molecular weight excluding hydrogens is 263 g/mol. The minimum Gasteiger partial charge on any atom is -0.338 e. The van der Waals surface area contributed by atoms with Gasteiger partial charge in [0.2, 0.25) is 0 Å². The predicted octanol–water partition coefficient (Wildman–Crippen LogP) is 3.59. The van der Waals surface area contributed by atoms with E-state index in [-0.39, 0.29) is 5.82 Å². The van der Waals surface area contributed by atoms with Gasteiger partial charge in [-0.3, -0.25) is 0 Å². The highest BCUT2D eigenvalue weighted by Gasteiger charge is 2.10. The van der Waals surface area contributed by atoms with E-state index in [9.17, 15) is 4.39 Å². The summed E-state index contributed by atoms with van der Waals surface area (Å²) < 4.78 is 12.9. The summed E-state index contributed by atoms with van der Waals surface area (Å²) in [5.41, 5.74) is 1.52. The molecule has 4 nitrogen and oxygen atoms in total. The van der Waals surface area contributed by atoms with Gasteiger partial charge in [0.15, 0.2) is 5.82 Å². The van der Waals surface area contributed by atoms with Crippen molar-refractivity contribution < 1.29 is 4.39 Å². The van der Waals surface area contributed by atoms with Crippen LogP contribution in [0.2, 0.25) is 0 Å². The molecule has 3 aromatic rings. The van der Waals surface area contributed by atoms with Crippen molar-refractivity contribution in [3.8, 4) is 0 Å². The number of hydrogen-bond acceptors (Lipinski definition) is 5. The normalized spacial score (nSPS) is 10.9. The Morgan fingerprint density at radius 1 is 1.05 bits per heavy atom. The maximum Gasteiger partial charge on any atom is 0.161 e. The first-order valence-corrected chi connectivity index (χ1v) is 6.58. The molecule has 0 radical (unpaired) electrons. The van der Waals surface area contributed by atoms with Crippen molar-refractivity contribution in [2.24, 2.45) is 0 Å². The van der Waals surface area contributed by atoms with E-state index in [1.165, 1.54) is 23.5 Å². The third-order valence-electron chi connectivity index (χ3n) is 2.58. The number of halogens is 1. The van der Waals surface area contributed by atoms with Crippen molar-refractivity contribution in [3.05, 3.63) is 40.9 Å². The molecule has 0 unspecified atom stereocenters. The van der Waals surface area contributed by atoms with Crippen LogP contribution >= 0.6 is 11.3 Å². The smallest absolute Gasteiger partial charge is 0.161 e. The summed E-state index contributed by atoms with van der Waals surface area (Å²) in [6.07, 6.45) is 0. The van der Waals surface area contributed by atoms with Crippen molar-refractivity contribution >= 4 is 33.2 Å². The van der Waals surface area contributed by atoms with E-state index in [1.807, 2.05) is 13.8 Å². The van der Waals surface area contributed by atoms with Gasteiger partial charge in [-0.05, 0) is 38.1 Å². The van der Waals surface area contributed by atoms with Crippen LogP contribution in [0.1, 0.15) is 10.8 Å². The molecule has 0 aliphatic heterocycles. The molecule has 0 aliphatic carbocycles. The van der Waals surface area contributed by atoms with Gasteiger partial charge in [-0.25, -0.2) is 19.3 Å². The molecule has 96 valence electrons. The second-order valence-electron chi connectivity index (χ2n) is 4.14. The third kappa shape index (κ3) is 2.39. The van der Waals surface area contributed by atoms with Gasteiger partial charge in [0.25, 0.3) is 0 Å². The van der Waals surface area contributed by atoms with Crippen LogP contribution < -0.4 is 5.32 Å². The van der Waals surface area contributed by atoms with Gasteiger partial charge in [-0.1, -0.05) is 11.3 Å². The van der Waals surface area contributed by atoms with Gasteiger partial charge in [0.1, 0.15) is 22.0 Å². The van der Waals surface area contributed by atoms with Crippen molar-refractivity contribution in [1.82, 2.24) is 15.0 Å². The molecule has 0 fully saturated rings. The summed E-state index contributed by atoms with van der Waals surface area (Å²) in [7, 11) is 0. The van der Waals surface area contributed by atoms with E-state index in [4.69, 9.17) is 0 Å². The summed E-state index contributed by atoms with van der Waals surface area (Å²) in [5, 5.41) is 4.10. The average molecular weight is 274 g/mol. The molecule has 0 spiro atoms. The van der Waals surface area contributed by atoms with Crippen LogP contribution in [-0.2, 0) is 0 Å². The van der Waals surface area contributed by atoms with E-state index >= 15 is 0 Å². The summed E-state index contributed by atoms with van der Waals surface area (Å²) in [6, 6.07) is 6.13. The van der Waals surface area contributed by atoms with Crippen molar-refractivity contribution in [1.29, 1.82) is 0 Å². The molecule has 19 heavy (non-hydrogen) atoms. The van der Waals surface area contributed by atoms with Crippen LogP contribution in [0, 0.1) is 19.7 Å². The predicted molar refractivity (Wildman–Crippen MR) is 74.4 cm³/mol. The van der Waals surface area contributed by atoms with Crippen molar-refractivity contribution in [2.75, 3.05) is 5.32 Å². The zero-order valence-corrected chi connectivity index (χ0v) is 11.3. The molecule has 0 atom stereocenters. The Balaban J connectivity index is 2.06. The molecule has 0 bridgehead atoms. The Morgan fingerprint density at radius 3 is 2.53 bits per heavy atom. The number of fused-ring (bicyclic) bond motifs is 1. The maximum absolute atomic E-state index is 12.9. The molecule has 2 heterocycles. The van der Waals surface area contributed by atoms with Gasteiger partial charge in [0, 0.05) is 5.69 Å². The standard InChI is InChI=1S/C13H11FN4S/c1-7-15-12(11-13(16-7)19-8(2)17-11)18-10-5-3-9(14)4-6-10/h3-6H,1-2H3,(H,15,16,18). The lowest BCUT2D eigenvalue weighted by atomic mass is 10.3. The number of thiazole rings is 1. The van der Waals surface area contributed by atoms with Crippen molar-refractivity contribution in [2.45, 2.75) is 13.8 Å². The minimum atomic E-state index is -0.265. The number of hydrogen-bond donors (Lipinski definition) is 1. The van der Waals surface area contributed by atoms with Crippen LogP contribution in [0.3, 0.4) is 0 Å². The number of nitrogens with one attached hydrogen (secondary N) is 1. The number of rotatable bonds is 2. The quantitative estimate of drug-likeness (QED) is 0.776. The van der Waals surface area contributed by atoms with Crippen LogP contribution in [0.15, 0.2) is 24.3 Å². The van der Waals surface area contributed by atoms with Gasteiger partial charge in [-0.2, -0.15) is 0 Å². The highest BCUT2D eigenvalue weighted by molar-refractivity contribution is 7.18. The lowest BCUT2D eigenvalue weighted by molar-refractivity contribution is 0.628. The second kappa shape index (κ2) is 4.55. The molecule has 3 rings (SSSR count).